The van der Waals surface area contributed by atoms with Gasteiger partial charge in [0.2, 0.25) is 5.88 Å². The molecule has 0 aromatic carbocycles. The molecule has 3 rings (SSSR count). The van der Waals surface area contributed by atoms with Gasteiger partial charge >= 0.3 is 0 Å². The van der Waals surface area contributed by atoms with Crippen molar-refractivity contribution in [1.82, 2.24) is 9.97 Å². The molecule has 0 saturated carbocycles. The predicted octanol–water partition coefficient (Wildman–Crippen LogP) is 4.02. The monoisotopic (exact) mass is 276 g/mol. The van der Waals surface area contributed by atoms with Gasteiger partial charge in [-0.3, -0.25) is 0 Å². The van der Waals surface area contributed by atoms with Crippen molar-refractivity contribution in [2.45, 2.75) is 0 Å². The van der Waals surface area contributed by atoms with E-state index >= 15 is 0 Å². The van der Waals surface area contributed by atoms with E-state index in [1.54, 1.807) is 30.7 Å². The minimum Gasteiger partial charge on any atom is -0.481 e. The van der Waals surface area contributed by atoms with Gasteiger partial charge < -0.3 is 4.74 Å². The Morgan fingerprint density at radius 1 is 1.28 bits per heavy atom. The summed E-state index contributed by atoms with van der Waals surface area (Å²) in [6.07, 6.45) is 1.72. The number of thiophene rings is 1. The molecule has 0 amide bonds. The van der Waals surface area contributed by atoms with E-state index in [0.29, 0.717) is 11.0 Å². The van der Waals surface area contributed by atoms with Gasteiger partial charge in [0, 0.05) is 23.2 Å². The zero-order chi connectivity index (χ0) is 12.5. The molecule has 0 spiro atoms. The van der Waals surface area contributed by atoms with E-state index in [4.69, 9.17) is 16.3 Å². The number of hydrogen-bond acceptors (Lipinski definition) is 4. The third-order valence-electron chi connectivity index (χ3n) is 2.64. The van der Waals surface area contributed by atoms with Crippen molar-refractivity contribution in [2.24, 2.45) is 0 Å². The molecule has 3 nitrogen and oxygen atoms in total. The first-order chi connectivity index (χ1) is 8.78. The second-order valence-electron chi connectivity index (χ2n) is 3.72. The second kappa shape index (κ2) is 4.55. The average molecular weight is 277 g/mol. The summed E-state index contributed by atoms with van der Waals surface area (Å²) in [5.41, 5.74) is 3.00. The Morgan fingerprint density at radius 3 is 3.00 bits per heavy atom. The van der Waals surface area contributed by atoms with Crippen LogP contribution in [0.1, 0.15) is 0 Å². The summed E-state index contributed by atoms with van der Waals surface area (Å²) in [6.45, 7) is 0. The lowest BCUT2D eigenvalue weighted by Gasteiger charge is -2.02. The molecule has 0 saturated heterocycles. The molecule has 90 valence electrons. The van der Waals surface area contributed by atoms with Crippen molar-refractivity contribution in [3.8, 4) is 17.0 Å². The SMILES string of the molecule is COc1cc(-c2csc3ccc(Cl)nc23)ccn1. The van der Waals surface area contributed by atoms with E-state index in [9.17, 15) is 0 Å². The van der Waals surface area contributed by atoms with Crippen molar-refractivity contribution >= 4 is 33.2 Å². The summed E-state index contributed by atoms with van der Waals surface area (Å²) >= 11 is 7.60. The topological polar surface area (TPSA) is 35.0 Å². The highest BCUT2D eigenvalue weighted by atomic mass is 35.5. The van der Waals surface area contributed by atoms with Crippen molar-refractivity contribution in [3.63, 3.8) is 0 Å². The Hall–Kier alpha value is -1.65. The minimum absolute atomic E-state index is 0.503. The van der Waals surface area contributed by atoms with Crippen LogP contribution in [0.2, 0.25) is 5.15 Å². The molecule has 0 fully saturated rings. The van der Waals surface area contributed by atoms with Crippen LogP contribution < -0.4 is 4.74 Å². The molecule has 0 bridgehead atoms. The normalized spacial score (nSPS) is 10.8. The van der Waals surface area contributed by atoms with Gasteiger partial charge in [-0.2, -0.15) is 0 Å². The fraction of sp³-hybridized carbons (Fsp3) is 0.0769. The van der Waals surface area contributed by atoms with Crippen LogP contribution in [-0.4, -0.2) is 17.1 Å². The van der Waals surface area contributed by atoms with E-state index in [0.717, 1.165) is 21.3 Å². The first kappa shape index (κ1) is 11.4. The second-order valence-corrected chi connectivity index (χ2v) is 5.02. The Morgan fingerprint density at radius 2 is 2.17 bits per heavy atom. The number of nitrogens with zero attached hydrogens (tertiary/aromatic N) is 2. The number of ether oxygens (including phenoxy) is 1. The van der Waals surface area contributed by atoms with Crippen LogP contribution in [0.4, 0.5) is 0 Å². The molecule has 3 aromatic rings. The summed E-state index contributed by atoms with van der Waals surface area (Å²) in [6, 6.07) is 7.62. The van der Waals surface area contributed by atoms with Crippen LogP contribution in [0, 0.1) is 0 Å². The Labute approximate surface area is 113 Å². The molecular weight excluding hydrogens is 268 g/mol. The maximum Gasteiger partial charge on any atom is 0.213 e. The molecule has 3 heterocycles. The van der Waals surface area contributed by atoms with Gasteiger partial charge in [0.1, 0.15) is 5.15 Å². The standard InChI is InChI=1S/C13H9ClN2OS/c1-17-12-6-8(4-5-15-12)9-7-18-10-2-3-11(14)16-13(9)10/h2-7H,1H3. The van der Waals surface area contributed by atoms with Crippen LogP contribution >= 0.6 is 22.9 Å². The average Bonchev–Trinajstić information content (AvgIpc) is 2.81. The summed E-state index contributed by atoms with van der Waals surface area (Å²) in [4.78, 5) is 8.48. The summed E-state index contributed by atoms with van der Waals surface area (Å²) in [7, 11) is 1.60. The molecule has 5 heteroatoms. The molecule has 0 aliphatic carbocycles. The number of hydrogen-bond donors (Lipinski definition) is 0. The quantitative estimate of drug-likeness (QED) is 0.663. The number of halogens is 1. The third kappa shape index (κ3) is 1.94. The number of fused-ring (bicyclic) bond motifs is 1. The molecule has 0 radical (unpaired) electrons. The molecule has 3 aromatic heterocycles. The molecule has 0 aliphatic rings. The van der Waals surface area contributed by atoms with E-state index < -0.39 is 0 Å². The van der Waals surface area contributed by atoms with Gasteiger partial charge in [-0.15, -0.1) is 11.3 Å². The molecule has 0 aliphatic heterocycles. The Balaban J connectivity index is 2.21. The fourth-order valence-corrected chi connectivity index (χ4v) is 2.84. The van der Waals surface area contributed by atoms with Crippen LogP contribution in [-0.2, 0) is 0 Å². The lowest BCUT2D eigenvalue weighted by atomic mass is 10.1. The van der Waals surface area contributed by atoms with Crippen LogP contribution in [0.5, 0.6) is 5.88 Å². The number of methoxy groups -OCH3 is 1. The van der Waals surface area contributed by atoms with E-state index in [-0.39, 0.29) is 0 Å². The molecule has 0 unspecified atom stereocenters. The highest BCUT2D eigenvalue weighted by Crippen LogP contribution is 2.34. The molecule has 0 atom stereocenters. The van der Waals surface area contributed by atoms with Gasteiger partial charge in [-0.05, 0) is 23.8 Å². The zero-order valence-electron chi connectivity index (χ0n) is 9.55. The van der Waals surface area contributed by atoms with Crippen LogP contribution in [0.25, 0.3) is 21.3 Å². The highest BCUT2D eigenvalue weighted by Gasteiger charge is 2.09. The number of aromatic nitrogens is 2. The van der Waals surface area contributed by atoms with Crippen molar-refractivity contribution < 1.29 is 4.74 Å². The van der Waals surface area contributed by atoms with Crippen LogP contribution in [0.15, 0.2) is 35.8 Å². The number of rotatable bonds is 2. The van der Waals surface area contributed by atoms with Gasteiger partial charge in [0.05, 0.1) is 17.3 Å². The zero-order valence-corrected chi connectivity index (χ0v) is 11.1. The lowest BCUT2D eigenvalue weighted by molar-refractivity contribution is 0.398. The van der Waals surface area contributed by atoms with Gasteiger partial charge in [-0.25, -0.2) is 9.97 Å². The Bertz CT molecular complexity index is 711. The van der Waals surface area contributed by atoms with E-state index in [2.05, 4.69) is 15.3 Å². The van der Waals surface area contributed by atoms with Crippen molar-refractivity contribution in [2.75, 3.05) is 7.11 Å². The smallest absolute Gasteiger partial charge is 0.213 e. The maximum atomic E-state index is 5.95. The van der Waals surface area contributed by atoms with Crippen molar-refractivity contribution in [3.05, 3.63) is 41.0 Å². The first-order valence-corrected chi connectivity index (χ1v) is 6.58. The molecular formula is C13H9ClN2OS. The summed E-state index contributed by atoms with van der Waals surface area (Å²) < 4.78 is 6.25. The van der Waals surface area contributed by atoms with E-state index in [1.165, 1.54) is 0 Å². The van der Waals surface area contributed by atoms with E-state index in [1.807, 2.05) is 18.2 Å². The maximum absolute atomic E-state index is 5.95. The minimum atomic E-state index is 0.503. The van der Waals surface area contributed by atoms with Gasteiger partial charge in [0.25, 0.3) is 0 Å². The van der Waals surface area contributed by atoms with Gasteiger partial charge in [0.15, 0.2) is 0 Å². The highest BCUT2D eigenvalue weighted by molar-refractivity contribution is 7.17. The predicted molar refractivity (Wildman–Crippen MR) is 74.4 cm³/mol. The lowest BCUT2D eigenvalue weighted by Crippen LogP contribution is -1.87. The van der Waals surface area contributed by atoms with Gasteiger partial charge in [-0.1, -0.05) is 11.6 Å². The molecule has 18 heavy (non-hydrogen) atoms. The first-order valence-electron chi connectivity index (χ1n) is 5.32. The number of pyridine rings is 2. The third-order valence-corrected chi connectivity index (χ3v) is 3.79. The Kier molecular flexibility index (Phi) is 2.89. The van der Waals surface area contributed by atoms with Crippen molar-refractivity contribution in [1.29, 1.82) is 0 Å². The summed E-state index contributed by atoms with van der Waals surface area (Å²) in [5, 5.41) is 2.58. The fourth-order valence-electron chi connectivity index (χ4n) is 1.78. The largest absolute Gasteiger partial charge is 0.481 e. The summed E-state index contributed by atoms with van der Waals surface area (Å²) in [5.74, 6) is 0.592. The molecule has 0 N–H and O–H groups in total. The van der Waals surface area contributed by atoms with Crippen LogP contribution in [0.3, 0.4) is 0 Å².